The lowest BCUT2D eigenvalue weighted by molar-refractivity contribution is 0.102. The van der Waals surface area contributed by atoms with Crippen LogP contribution in [0.1, 0.15) is 16.1 Å². The number of benzene rings is 2. The maximum atomic E-state index is 12.8. The summed E-state index contributed by atoms with van der Waals surface area (Å²) >= 11 is 6.44. The average Bonchev–Trinajstić information content (AvgIpc) is 2.96. The number of aryl methyl sites for hydroxylation is 1. The molecule has 5 nitrogen and oxygen atoms in total. The second-order valence-corrected chi connectivity index (χ2v) is 6.23. The molecule has 4 rings (SSSR count). The molecule has 0 aliphatic carbocycles. The van der Waals surface area contributed by atoms with E-state index in [1.165, 1.54) is 0 Å². The number of hydrogen-bond acceptors (Lipinski definition) is 3. The van der Waals surface area contributed by atoms with Gasteiger partial charge in [-0.25, -0.2) is 4.68 Å². The van der Waals surface area contributed by atoms with Crippen LogP contribution in [0.25, 0.3) is 16.6 Å². The molecule has 0 saturated carbocycles. The number of aromatic nitrogens is 3. The first-order chi connectivity index (χ1) is 12.6. The summed E-state index contributed by atoms with van der Waals surface area (Å²) in [6.07, 6.45) is 1.63. The van der Waals surface area contributed by atoms with E-state index in [1.807, 2.05) is 60.7 Å². The summed E-state index contributed by atoms with van der Waals surface area (Å²) in [5.41, 5.74) is 3.19. The summed E-state index contributed by atoms with van der Waals surface area (Å²) in [6, 6.07) is 19.1. The smallest absolute Gasteiger partial charge is 0.260 e. The van der Waals surface area contributed by atoms with Gasteiger partial charge in [0.15, 0.2) is 0 Å². The molecule has 6 heteroatoms. The fourth-order valence-corrected chi connectivity index (χ4v) is 3.19. The molecule has 0 atom stereocenters. The number of hydrogen-bond donors (Lipinski definition) is 1. The maximum Gasteiger partial charge on any atom is 0.260 e. The fraction of sp³-hybridized carbons (Fsp3) is 0.0500. The van der Waals surface area contributed by atoms with Crippen molar-refractivity contribution in [2.45, 2.75) is 6.92 Å². The molecule has 1 amide bonds. The van der Waals surface area contributed by atoms with Gasteiger partial charge in [0.25, 0.3) is 5.91 Å². The fourth-order valence-electron chi connectivity index (χ4n) is 2.83. The molecule has 0 saturated heterocycles. The molecule has 0 aliphatic rings. The number of carbonyl (C=O) groups excluding carboxylic acids is 1. The van der Waals surface area contributed by atoms with Crippen LogP contribution in [-0.4, -0.2) is 20.7 Å². The highest BCUT2D eigenvalue weighted by atomic mass is 35.5. The number of nitrogens with one attached hydrogen (secondary N) is 1. The van der Waals surface area contributed by atoms with Crippen molar-refractivity contribution < 1.29 is 4.79 Å². The minimum absolute atomic E-state index is 0.278. The summed E-state index contributed by atoms with van der Waals surface area (Å²) in [7, 11) is 0. The first-order valence-corrected chi connectivity index (χ1v) is 8.48. The number of amides is 1. The van der Waals surface area contributed by atoms with E-state index >= 15 is 0 Å². The van der Waals surface area contributed by atoms with Crippen molar-refractivity contribution in [1.29, 1.82) is 0 Å². The van der Waals surface area contributed by atoms with E-state index in [-0.39, 0.29) is 11.1 Å². The molecule has 2 aromatic heterocycles. The quantitative estimate of drug-likeness (QED) is 0.577. The van der Waals surface area contributed by atoms with E-state index in [0.717, 1.165) is 16.6 Å². The van der Waals surface area contributed by atoms with Crippen LogP contribution in [0.3, 0.4) is 0 Å². The van der Waals surface area contributed by atoms with E-state index in [4.69, 9.17) is 11.6 Å². The monoisotopic (exact) mass is 362 g/mol. The Morgan fingerprint density at radius 1 is 1.08 bits per heavy atom. The summed E-state index contributed by atoms with van der Waals surface area (Å²) in [6.45, 7) is 1.76. The van der Waals surface area contributed by atoms with Crippen molar-refractivity contribution in [2.75, 3.05) is 5.32 Å². The standard InChI is InChI=1S/C20H15ClN4O/c1-13-18(19(21)25(24-13)16-8-3-2-4-9-16)20(26)23-15-11-14-7-5-6-10-17(14)22-12-15/h2-12H,1H3,(H,23,26). The second kappa shape index (κ2) is 6.61. The molecule has 26 heavy (non-hydrogen) atoms. The summed E-state index contributed by atoms with van der Waals surface area (Å²) in [5, 5.41) is 8.49. The number of rotatable bonds is 3. The van der Waals surface area contributed by atoms with Gasteiger partial charge >= 0.3 is 0 Å². The Hall–Kier alpha value is -3.18. The largest absolute Gasteiger partial charge is 0.320 e. The molecular formula is C20H15ClN4O. The number of nitrogens with zero attached hydrogens (tertiary/aromatic N) is 3. The summed E-state index contributed by atoms with van der Waals surface area (Å²) < 4.78 is 1.56. The van der Waals surface area contributed by atoms with Gasteiger partial charge in [-0.1, -0.05) is 48.0 Å². The SMILES string of the molecule is Cc1nn(-c2ccccc2)c(Cl)c1C(=O)Nc1cnc2ccccc2c1. The molecule has 1 N–H and O–H groups in total. The minimum Gasteiger partial charge on any atom is -0.320 e. The Labute approximate surface area is 155 Å². The van der Waals surface area contributed by atoms with Gasteiger partial charge in [-0.2, -0.15) is 5.10 Å². The van der Waals surface area contributed by atoms with E-state index < -0.39 is 0 Å². The maximum absolute atomic E-state index is 12.8. The molecule has 0 unspecified atom stereocenters. The highest BCUT2D eigenvalue weighted by Crippen LogP contribution is 2.25. The van der Waals surface area contributed by atoms with Gasteiger partial charge in [0.1, 0.15) is 10.7 Å². The van der Waals surface area contributed by atoms with Crippen LogP contribution in [0.4, 0.5) is 5.69 Å². The molecule has 0 aliphatic heterocycles. The Morgan fingerprint density at radius 3 is 2.62 bits per heavy atom. The van der Waals surface area contributed by atoms with E-state index in [2.05, 4.69) is 15.4 Å². The molecule has 0 spiro atoms. The Kier molecular flexibility index (Phi) is 4.14. The average molecular weight is 363 g/mol. The normalized spacial score (nSPS) is 10.8. The van der Waals surface area contributed by atoms with Crippen molar-refractivity contribution in [3.8, 4) is 5.69 Å². The van der Waals surface area contributed by atoms with Crippen LogP contribution >= 0.6 is 11.6 Å². The van der Waals surface area contributed by atoms with Crippen molar-refractivity contribution in [1.82, 2.24) is 14.8 Å². The number of pyridine rings is 1. The number of fused-ring (bicyclic) bond motifs is 1. The Bertz CT molecular complexity index is 1110. The first kappa shape index (κ1) is 16.3. The predicted octanol–water partition coefficient (Wildman–Crippen LogP) is 4.63. The molecule has 0 bridgehead atoms. The zero-order chi connectivity index (χ0) is 18.1. The second-order valence-electron chi connectivity index (χ2n) is 5.87. The molecule has 0 fully saturated rings. The van der Waals surface area contributed by atoms with Gasteiger partial charge < -0.3 is 5.32 Å². The van der Waals surface area contributed by atoms with Crippen molar-refractivity contribution in [3.63, 3.8) is 0 Å². The van der Waals surface area contributed by atoms with Crippen molar-refractivity contribution in [3.05, 3.63) is 83.3 Å². The van der Waals surface area contributed by atoms with Crippen LogP contribution in [0, 0.1) is 6.92 Å². The molecule has 128 valence electrons. The third kappa shape index (κ3) is 2.93. The molecule has 0 radical (unpaired) electrons. The lowest BCUT2D eigenvalue weighted by Crippen LogP contribution is -2.13. The molecular weight excluding hydrogens is 348 g/mol. The van der Waals surface area contributed by atoms with E-state index in [0.29, 0.717) is 16.9 Å². The summed E-state index contributed by atoms with van der Waals surface area (Å²) in [4.78, 5) is 17.1. The predicted molar refractivity (Wildman–Crippen MR) is 103 cm³/mol. The van der Waals surface area contributed by atoms with Crippen LogP contribution in [0.5, 0.6) is 0 Å². The number of carbonyl (C=O) groups is 1. The van der Waals surface area contributed by atoms with Gasteiger partial charge in [-0.05, 0) is 31.2 Å². The van der Waals surface area contributed by atoms with E-state index in [1.54, 1.807) is 17.8 Å². The van der Waals surface area contributed by atoms with Crippen LogP contribution in [-0.2, 0) is 0 Å². The molecule has 2 aromatic carbocycles. The molecule has 4 aromatic rings. The van der Waals surface area contributed by atoms with Crippen molar-refractivity contribution in [2.24, 2.45) is 0 Å². The van der Waals surface area contributed by atoms with Gasteiger partial charge in [-0.15, -0.1) is 0 Å². The van der Waals surface area contributed by atoms with Gasteiger partial charge in [0.05, 0.1) is 28.8 Å². The first-order valence-electron chi connectivity index (χ1n) is 8.10. The van der Waals surface area contributed by atoms with E-state index in [9.17, 15) is 4.79 Å². The Balaban J connectivity index is 1.66. The highest BCUT2D eigenvalue weighted by molar-refractivity contribution is 6.34. The zero-order valence-corrected chi connectivity index (χ0v) is 14.7. The van der Waals surface area contributed by atoms with Gasteiger partial charge in [-0.3, -0.25) is 9.78 Å². The van der Waals surface area contributed by atoms with Crippen molar-refractivity contribution >= 4 is 34.1 Å². The van der Waals surface area contributed by atoms with Crippen LogP contribution < -0.4 is 5.32 Å². The zero-order valence-electron chi connectivity index (χ0n) is 14.0. The van der Waals surface area contributed by atoms with Gasteiger partial charge in [0, 0.05) is 5.39 Å². The number of para-hydroxylation sites is 2. The lowest BCUT2D eigenvalue weighted by Gasteiger charge is -2.06. The third-order valence-electron chi connectivity index (χ3n) is 4.08. The van der Waals surface area contributed by atoms with Gasteiger partial charge in [0.2, 0.25) is 0 Å². The lowest BCUT2D eigenvalue weighted by atomic mass is 10.2. The number of halogens is 1. The third-order valence-corrected chi connectivity index (χ3v) is 4.43. The topological polar surface area (TPSA) is 59.8 Å². The Morgan fingerprint density at radius 2 is 1.81 bits per heavy atom. The van der Waals surface area contributed by atoms with Crippen LogP contribution in [0.15, 0.2) is 66.9 Å². The molecule has 2 heterocycles. The highest BCUT2D eigenvalue weighted by Gasteiger charge is 2.21. The minimum atomic E-state index is -0.313. The summed E-state index contributed by atoms with van der Waals surface area (Å²) in [5.74, 6) is -0.313. The van der Waals surface area contributed by atoms with Crippen LogP contribution in [0.2, 0.25) is 5.15 Å². The number of anilines is 1.